The average molecular weight is 306 g/mol. The molecule has 0 unspecified atom stereocenters. The lowest BCUT2D eigenvalue weighted by Crippen LogP contribution is -2.19. The van der Waals surface area contributed by atoms with Crippen LogP contribution in [0.15, 0.2) is 23.2 Å². The molecule has 0 bridgehead atoms. The molecule has 2 nitrogen and oxygen atoms in total. The van der Waals surface area contributed by atoms with Crippen molar-refractivity contribution in [1.29, 1.82) is 0 Å². The van der Waals surface area contributed by atoms with Crippen LogP contribution in [0.25, 0.3) is 0 Å². The Hall–Kier alpha value is 0.0300. The van der Waals surface area contributed by atoms with E-state index in [1.165, 1.54) is 36.6 Å². The van der Waals surface area contributed by atoms with Crippen molar-refractivity contribution < 1.29 is 0 Å². The van der Waals surface area contributed by atoms with Crippen LogP contribution >= 0.6 is 30.1 Å². The van der Waals surface area contributed by atoms with Crippen molar-refractivity contribution in [1.82, 2.24) is 4.98 Å². The summed E-state index contributed by atoms with van der Waals surface area (Å²) in [4.78, 5) is 8.09. The Balaban J connectivity index is 2.26. The van der Waals surface area contributed by atoms with Gasteiger partial charge >= 0.3 is 0 Å². The number of nitrogens with zero attached hydrogens (tertiary/aromatic N) is 2. The maximum absolute atomic E-state index is 4.43. The fourth-order valence-corrected chi connectivity index (χ4v) is 3.02. The quantitative estimate of drug-likeness (QED) is 0.781. The Morgan fingerprint density at radius 3 is 2.85 bits per heavy atom. The number of halogens is 1. The number of aromatic nitrogens is 1. The van der Waals surface area contributed by atoms with Crippen molar-refractivity contribution in [2.24, 2.45) is 0 Å². The third-order valence-electron chi connectivity index (χ3n) is 2.24. The molecule has 1 aliphatic rings. The van der Waals surface area contributed by atoms with Crippen LogP contribution in [0.5, 0.6) is 0 Å². The van der Waals surface area contributed by atoms with Gasteiger partial charge in [0.25, 0.3) is 0 Å². The highest BCUT2D eigenvalue weighted by Crippen LogP contribution is 2.33. The number of pyridine rings is 1. The summed E-state index contributed by atoms with van der Waals surface area (Å²) in [7, 11) is 1.75. The Morgan fingerprint density at radius 2 is 2.15 bits per heavy atom. The van der Waals surface area contributed by atoms with E-state index in [-0.39, 0.29) is 0 Å². The van der Waals surface area contributed by atoms with Crippen molar-refractivity contribution >= 4 is 36.0 Å². The predicted octanol–water partition coefficient (Wildman–Crippen LogP) is 3.12. The Kier molecular flexibility index (Phi) is 3.32. The van der Waals surface area contributed by atoms with Crippen LogP contribution in [0.4, 0.5) is 5.82 Å². The third-order valence-corrected chi connectivity index (χ3v) is 4.15. The minimum Gasteiger partial charge on any atom is -0.356 e. The highest BCUT2D eigenvalue weighted by molar-refractivity contribution is 14.2. The molecule has 1 aliphatic heterocycles. The molecule has 2 rings (SSSR count). The van der Waals surface area contributed by atoms with Gasteiger partial charge in [-0.3, -0.25) is 0 Å². The lowest BCUT2D eigenvalue weighted by molar-refractivity contribution is 0.917. The fraction of sp³-hybridized carbons (Fsp3) is 0.444. The first kappa shape index (κ1) is 9.58. The second-order valence-electron chi connectivity index (χ2n) is 3.10. The molecular weight excluding hydrogens is 295 g/mol. The lowest BCUT2D eigenvalue weighted by atomic mass is 10.4. The smallest absolute Gasteiger partial charge is 0.143 e. The van der Waals surface area contributed by atoms with Gasteiger partial charge in [-0.15, -0.1) is 0 Å². The summed E-state index contributed by atoms with van der Waals surface area (Å²) in [5.41, 5.74) is 0. The highest BCUT2D eigenvalue weighted by atomic mass is 127. The molecule has 13 heavy (non-hydrogen) atoms. The van der Waals surface area contributed by atoms with Crippen LogP contribution in [0.3, 0.4) is 0 Å². The van der Waals surface area contributed by atoms with E-state index in [1.54, 1.807) is 8.93 Å². The molecule has 0 N–H and O–H groups in total. The van der Waals surface area contributed by atoms with E-state index in [1.807, 2.05) is 12.3 Å². The molecule has 0 saturated carbocycles. The summed E-state index contributed by atoms with van der Waals surface area (Å²) in [6, 6.07) is 4.14. The minimum absolute atomic E-state index is 1.17. The van der Waals surface area contributed by atoms with Crippen LogP contribution in [-0.2, 0) is 0 Å². The van der Waals surface area contributed by atoms with Crippen molar-refractivity contribution in [3.05, 3.63) is 18.3 Å². The van der Waals surface area contributed by atoms with Crippen molar-refractivity contribution in [2.45, 2.75) is 17.7 Å². The molecule has 4 heteroatoms. The molecular formula is C9H11IN2S. The summed E-state index contributed by atoms with van der Waals surface area (Å²) in [6.45, 7) is 2.34. The van der Waals surface area contributed by atoms with E-state index in [0.717, 1.165) is 0 Å². The Morgan fingerprint density at radius 1 is 1.38 bits per heavy atom. The summed E-state index contributed by atoms with van der Waals surface area (Å²) in [5, 5.41) is 0. The average Bonchev–Trinajstić information content (AvgIpc) is 2.70. The van der Waals surface area contributed by atoms with Crippen LogP contribution in [-0.4, -0.2) is 18.1 Å². The molecule has 0 amide bonds. The van der Waals surface area contributed by atoms with E-state index in [4.69, 9.17) is 0 Å². The van der Waals surface area contributed by atoms with Gasteiger partial charge in [-0.2, -0.15) is 0 Å². The molecule has 0 atom stereocenters. The highest BCUT2D eigenvalue weighted by Gasteiger charge is 2.16. The normalized spacial score (nSPS) is 16.5. The first-order chi connectivity index (χ1) is 6.42. The molecule has 0 spiro atoms. The molecule has 1 aromatic heterocycles. The second-order valence-corrected chi connectivity index (χ2v) is 5.01. The summed E-state index contributed by atoms with van der Waals surface area (Å²) in [6.07, 6.45) is 4.49. The number of anilines is 1. The van der Waals surface area contributed by atoms with Gasteiger partial charge in [0.15, 0.2) is 0 Å². The largest absolute Gasteiger partial charge is 0.356 e. The third kappa shape index (κ3) is 2.10. The van der Waals surface area contributed by atoms with Gasteiger partial charge in [-0.1, -0.05) is 0 Å². The van der Waals surface area contributed by atoms with Gasteiger partial charge in [0, 0.05) is 40.5 Å². The van der Waals surface area contributed by atoms with E-state index in [2.05, 4.69) is 37.2 Å². The van der Waals surface area contributed by atoms with Gasteiger partial charge in [0.05, 0.1) is 4.90 Å². The molecule has 1 aromatic rings. The van der Waals surface area contributed by atoms with Crippen molar-refractivity contribution in [3.63, 3.8) is 0 Å². The molecule has 1 fully saturated rings. The Labute approximate surface area is 94.7 Å². The van der Waals surface area contributed by atoms with Crippen LogP contribution in [0.1, 0.15) is 12.8 Å². The Bertz CT molecular complexity index is 287. The maximum atomic E-state index is 4.43. The fourth-order valence-electron chi connectivity index (χ4n) is 1.61. The van der Waals surface area contributed by atoms with Gasteiger partial charge in [-0.05, 0) is 33.9 Å². The van der Waals surface area contributed by atoms with Crippen molar-refractivity contribution in [2.75, 3.05) is 18.0 Å². The van der Waals surface area contributed by atoms with Gasteiger partial charge in [-0.25, -0.2) is 4.98 Å². The number of hydrogen-bond donors (Lipinski definition) is 0. The molecule has 2 heterocycles. The van der Waals surface area contributed by atoms with Crippen LogP contribution < -0.4 is 4.90 Å². The first-order valence-corrected chi connectivity index (χ1v) is 7.76. The zero-order valence-corrected chi connectivity index (χ0v) is 10.2. The van der Waals surface area contributed by atoms with E-state index >= 15 is 0 Å². The molecule has 0 aliphatic carbocycles. The molecule has 1 saturated heterocycles. The topological polar surface area (TPSA) is 16.1 Å². The number of hydrogen-bond acceptors (Lipinski definition) is 3. The van der Waals surface area contributed by atoms with Crippen LogP contribution in [0.2, 0.25) is 0 Å². The summed E-state index contributed by atoms with van der Waals surface area (Å²) in [5.74, 6) is 1.17. The number of rotatable bonds is 2. The zero-order valence-electron chi connectivity index (χ0n) is 7.24. The monoisotopic (exact) mass is 306 g/mol. The van der Waals surface area contributed by atoms with E-state index in [9.17, 15) is 0 Å². The van der Waals surface area contributed by atoms with Gasteiger partial charge in [0.1, 0.15) is 5.82 Å². The van der Waals surface area contributed by atoms with E-state index in [0.29, 0.717) is 0 Å². The van der Waals surface area contributed by atoms with E-state index < -0.39 is 0 Å². The molecule has 0 radical (unpaired) electrons. The second kappa shape index (κ2) is 4.50. The summed E-state index contributed by atoms with van der Waals surface area (Å²) < 4.78 is 0. The van der Waals surface area contributed by atoms with Gasteiger partial charge in [0.2, 0.25) is 0 Å². The molecule has 0 aromatic carbocycles. The minimum atomic E-state index is 1.17. The first-order valence-electron chi connectivity index (χ1n) is 4.40. The predicted molar refractivity (Wildman–Crippen MR) is 65.6 cm³/mol. The lowest BCUT2D eigenvalue weighted by Gasteiger charge is -2.18. The maximum Gasteiger partial charge on any atom is 0.143 e. The zero-order chi connectivity index (χ0) is 9.10. The van der Waals surface area contributed by atoms with Gasteiger partial charge < -0.3 is 4.90 Å². The summed E-state index contributed by atoms with van der Waals surface area (Å²) >= 11 is 2.32. The molecule has 70 valence electrons. The SMILES string of the molecule is ISc1cccnc1N1CCCC1. The standard InChI is InChI=1S/C9H11IN2S/c10-13-8-4-3-5-11-9(8)12-6-1-2-7-12/h3-5H,1-2,6-7H2. The van der Waals surface area contributed by atoms with Crippen molar-refractivity contribution in [3.8, 4) is 0 Å². The van der Waals surface area contributed by atoms with Crippen LogP contribution in [0, 0.1) is 0 Å².